The zero-order chi connectivity index (χ0) is 16.3. The van der Waals surface area contributed by atoms with Crippen LogP contribution in [0.3, 0.4) is 0 Å². The Bertz CT molecular complexity index is 762. The van der Waals surface area contributed by atoms with Gasteiger partial charge in [0.1, 0.15) is 22.4 Å². The van der Waals surface area contributed by atoms with Crippen molar-refractivity contribution in [3.05, 3.63) is 34.5 Å². The molecule has 0 spiro atoms. The summed E-state index contributed by atoms with van der Waals surface area (Å²) in [7, 11) is 0. The van der Waals surface area contributed by atoms with Gasteiger partial charge in [-0.3, -0.25) is 0 Å². The number of benzene rings is 1. The van der Waals surface area contributed by atoms with Crippen molar-refractivity contribution in [3.8, 4) is 6.07 Å². The molecule has 2 aromatic rings. The number of thiazole rings is 1. The molecule has 1 aromatic heterocycles. The molecule has 0 bridgehead atoms. The van der Waals surface area contributed by atoms with E-state index in [1.54, 1.807) is 0 Å². The van der Waals surface area contributed by atoms with Gasteiger partial charge in [0.25, 0.3) is 0 Å². The summed E-state index contributed by atoms with van der Waals surface area (Å²) in [5, 5.41) is 19.2. The van der Waals surface area contributed by atoms with E-state index >= 15 is 0 Å². The molecule has 1 aromatic carbocycles. The van der Waals surface area contributed by atoms with E-state index in [4.69, 9.17) is 16.9 Å². The molecule has 2 rings (SSSR count). The molecule has 1 N–H and O–H groups in total. The largest absolute Gasteiger partial charge is 0.511 e. The van der Waals surface area contributed by atoms with Crippen LogP contribution >= 0.6 is 22.9 Å². The third kappa shape index (κ3) is 3.51. The van der Waals surface area contributed by atoms with Crippen LogP contribution in [0, 0.1) is 11.3 Å². The Hall–Kier alpha value is -1.78. The quantitative estimate of drug-likeness (QED) is 0.474. The van der Waals surface area contributed by atoms with Gasteiger partial charge in [-0.2, -0.15) is 18.4 Å². The van der Waals surface area contributed by atoms with Crippen molar-refractivity contribution in [3.63, 3.8) is 0 Å². The van der Waals surface area contributed by atoms with Crippen LogP contribution in [0.5, 0.6) is 0 Å². The van der Waals surface area contributed by atoms with Gasteiger partial charge in [-0.1, -0.05) is 0 Å². The number of nitriles is 1. The Kier molecular flexibility index (Phi) is 4.94. The monoisotopic (exact) mass is 346 g/mol. The third-order valence-electron chi connectivity index (χ3n) is 2.88. The lowest BCUT2D eigenvalue weighted by molar-refractivity contribution is -0.137. The average molecular weight is 347 g/mol. The number of alkyl halides is 4. The van der Waals surface area contributed by atoms with E-state index in [1.807, 2.05) is 6.07 Å². The van der Waals surface area contributed by atoms with Crippen molar-refractivity contribution in [2.75, 3.05) is 5.88 Å². The number of rotatable bonds is 4. The van der Waals surface area contributed by atoms with Crippen LogP contribution in [-0.4, -0.2) is 16.0 Å². The molecule has 0 radical (unpaired) electrons. The minimum absolute atomic E-state index is 0.0279. The standard InChI is InChI=1S/C14H10ClF3N2OS/c15-5-1-2-11(21)9(7-19)13-20-10-6-8(14(16,17)18)3-4-12(10)22-13/h3-4,6,21H,1-2,5H2. The van der Waals surface area contributed by atoms with E-state index in [2.05, 4.69) is 4.98 Å². The molecule has 0 atom stereocenters. The first-order valence-corrected chi connectivity index (χ1v) is 7.58. The molecule has 116 valence electrons. The predicted molar refractivity (Wildman–Crippen MR) is 79.7 cm³/mol. The lowest BCUT2D eigenvalue weighted by Crippen LogP contribution is -2.03. The van der Waals surface area contributed by atoms with Crippen LogP contribution in [-0.2, 0) is 6.18 Å². The Morgan fingerprint density at radius 2 is 2.14 bits per heavy atom. The van der Waals surface area contributed by atoms with Gasteiger partial charge in [0.05, 0.1) is 15.8 Å². The Balaban J connectivity index is 2.46. The fourth-order valence-corrected chi connectivity index (χ4v) is 2.90. The summed E-state index contributed by atoms with van der Waals surface area (Å²) >= 11 is 6.59. The summed E-state index contributed by atoms with van der Waals surface area (Å²) in [5.41, 5.74) is -0.682. The van der Waals surface area contributed by atoms with E-state index in [0.717, 1.165) is 23.5 Å². The van der Waals surface area contributed by atoms with E-state index < -0.39 is 11.7 Å². The fraction of sp³-hybridized carbons (Fsp3) is 0.286. The van der Waals surface area contributed by atoms with Crippen molar-refractivity contribution in [1.82, 2.24) is 4.98 Å². The minimum Gasteiger partial charge on any atom is -0.511 e. The normalized spacial score (nSPS) is 13.0. The molecular weight excluding hydrogens is 337 g/mol. The van der Waals surface area contributed by atoms with Crippen molar-refractivity contribution < 1.29 is 18.3 Å². The highest BCUT2D eigenvalue weighted by molar-refractivity contribution is 7.19. The highest BCUT2D eigenvalue weighted by atomic mass is 35.5. The first kappa shape index (κ1) is 16.6. The topological polar surface area (TPSA) is 56.9 Å². The predicted octanol–water partition coefficient (Wildman–Crippen LogP) is 5.13. The molecular formula is C14H10ClF3N2OS. The lowest BCUT2D eigenvalue weighted by Gasteiger charge is -2.04. The molecule has 1 heterocycles. The van der Waals surface area contributed by atoms with Crippen LogP contribution in [0.1, 0.15) is 23.4 Å². The smallest absolute Gasteiger partial charge is 0.416 e. The number of fused-ring (bicyclic) bond motifs is 1. The number of aromatic nitrogens is 1. The number of nitrogens with zero attached hydrogens (tertiary/aromatic N) is 2. The minimum atomic E-state index is -4.45. The molecule has 0 aliphatic carbocycles. The fourth-order valence-electron chi connectivity index (χ4n) is 1.81. The molecule has 0 aliphatic rings. The van der Waals surface area contributed by atoms with Gasteiger partial charge in [-0.05, 0) is 24.6 Å². The number of allylic oxidation sites excluding steroid dienone is 2. The maximum atomic E-state index is 12.7. The second-order valence-electron chi connectivity index (χ2n) is 4.43. The first-order valence-electron chi connectivity index (χ1n) is 6.23. The molecule has 22 heavy (non-hydrogen) atoms. The summed E-state index contributed by atoms with van der Waals surface area (Å²) < 4.78 is 38.5. The molecule has 0 saturated carbocycles. The van der Waals surface area contributed by atoms with Gasteiger partial charge in [-0.25, -0.2) is 4.98 Å². The first-order chi connectivity index (χ1) is 10.4. The van der Waals surface area contributed by atoms with E-state index in [-0.39, 0.29) is 28.3 Å². The Morgan fingerprint density at radius 3 is 2.73 bits per heavy atom. The van der Waals surface area contributed by atoms with Gasteiger partial charge in [0, 0.05) is 12.3 Å². The van der Waals surface area contributed by atoms with Crippen molar-refractivity contribution >= 4 is 38.7 Å². The number of hydrogen-bond acceptors (Lipinski definition) is 4. The average Bonchev–Trinajstić information content (AvgIpc) is 2.87. The Morgan fingerprint density at radius 1 is 1.41 bits per heavy atom. The molecule has 0 saturated heterocycles. The number of aliphatic hydroxyl groups excluding tert-OH is 1. The highest BCUT2D eigenvalue weighted by Gasteiger charge is 2.31. The summed E-state index contributed by atoms with van der Waals surface area (Å²) in [4.78, 5) is 4.03. The van der Waals surface area contributed by atoms with Crippen LogP contribution in [0.25, 0.3) is 15.8 Å². The second-order valence-corrected chi connectivity index (χ2v) is 5.83. The number of hydrogen-bond donors (Lipinski definition) is 1. The molecule has 3 nitrogen and oxygen atoms in total. The van der Waals surface area contributed by atoms with Crippen LogP contribution in [0.2, 0.25) is 0 Å². The molecule has 0 unspecified atom stereocenters. The van der Waals surface area contributed by atoms with Gasteiger partial charge >= 0.3 is 6.18 Å². The third-order valence-corrected chi connectivity index (χ3v) is 4.20. The second kappa shape index (κ2) is 6.55. The molecule has 8 heteroatoms. The van der Waals surface area contributed by atoms with Gasteiger partial charge < -0.3 is 5.11 Å². The van der Waals surface area contributed by atoms with Crippen molar-refractivity contribution in [2.24, 2.45) is 0 Å². The number of aliphatic hydroxyl groups is 1. The molecule has 0 aliphatic heterocycles. The summed E-state index contributed by atoms with van der Waals surface area (Å²) in [5.74, 6) is 0.177. The van der Waals surface area contributed by atoms with E-state index in [1.165, 1.54) is 6.07 Å². The maximum absolute atomic E-state index is 12.7. The van der Waals surface area contributed by atoms with Crippen molar-refractivity contribution in [2.45, 2.75) is 19.0 Å². The van der Waals surface area contributed by atoms with Crippen LogP contribution in [0.15, 0.2) is 24.0 Å². The number of halogens is 4. The van der Waals surface area contributed by atoms with Crippen LogP contribution < -0.4 is 0 Å². The lowest BCUT2D eigenvalue weighted by atomic mass is 10.2. The van der Waals surface area contributed by atoms with E-state index in [0.29, 0.717) is 17.0 Å². The zero-order valence-electron chi connectivity index (χ0n) is 11.1. The Labute approximate surface area is 133 Å². The van der Waals surface area contributed by atoms with Crippen molar-refractivity contribution in [1.29, 1.82) is 5.26 Å². The molecule has 0 amide bonds. The van der Waals surface area contributed by atoms with E-state index in [9.17, 15) is 18.3 Å². The summed E-state index contributed by atoms with van der Waals surface area (Å²) in [6.45, 7) is 0. The molecule has 0 fully saturated rings. The van der Waals surface area contributed by atoms with Gasteiger partial charge in [0.2, 0.25) is 0 Å². The van der Waals surface area contributed by atoms with Gasteiger partial charge in [-0.15, -0.1) is 22.9 Å². The van der Waals surface area contributed by atoms with Crippen LogP contribution in [0.4, 0.5) is 13.2 Å². The van der Waals surface area contributed by atoms with Gasteiger partial charge in [0.15, 0.2) is 0 Å². The SMILES string of the molecule is N#CC(=C(O)CCCCl)c1nc2cc(C(F)(F)F)ccc2s1. The maximum Gasteiger partial charge on any atom is 0.416 e. The zero-order valence-corrected chi connectivity index (χ0v) is 12.7. The summed E-state index contributed by atoms with van der Waals surface area (Å²) in [6.07, 6.45) is -3.74. The highest BCUT2D eigenvalue weighted by Crippen LogP contribution is 2.34. The summed E-state index contributed by atoms with van der Waals surface area (Å²) in [6, 6.07) is 5.05.